The van der Waals surface area contributed by atoms with Crippen LogP contribution in [0, 0.1) is 0 Å². The molecule has 4 rings (SSSR count). The first-order valence-corrected chi connectivity index (χ1v) is 9.56. The summed E-state index contributed by atoms with van der Waals surface area (Å²) in [4.78, 5) is 38.6. The third-order valence-electron chi connectivity index (χ3n) is 5.21. The molecule has 1 aromatic heterocycles. The first kappa shape index (κ1) is 18.7. The average Bonchev–Trinajstić information content (AvgIpc) is 3.02. The highest BCUT2D eigenvalue weighted by atomic mass is 16.4. The summed E-state index contributed by atoms with van der Waals surface area (Å²) < 4.78 is 0. The van der Waals surface area contributed by atoms with Crippen molar-refractivity contribution in [1.82, 2.24) is 10.3 Å². The van der Waals surface area contributed by atoms with Gasteiger partial charge in [0.25, 0.3) is 5.91 Å². The van der Waals surface area contributed by atoms with Crippen molar-refractivity contribution in [1.29, 1.82) is 0 Å². The summed E-state index contributed by atoms with van der Waals surface area (Å²) in [7, 11) is 0. The molecule has 0 fully saturated rings. The summed E-state index contributed by atoms with van der Waals surface area (Å²) in [6, 6.07) is 10.5. The highest BCUT2D eigenvalue weighted by Crippen LogP contribution is 2.24. The second-order valence-electron chi connectivity index (χ2n) is 7.13. The summed E-state index contributed by atoms with van der Waals surface area (Å²) in [5.41, 5.74) is 4.00. The van der Waals surface area contributed by atoms with Gasteiger partial charge in [0, 0.05) is 35.8 Å². The van der Waals surface area contributed by atoms with Gasteiger partial charge in [-0.15, -0.1) is 0 Å². The van der Waals surface area contributed by atoms with E-state index in [1.165, 1.54) is 0 Å². The number of carboxylic acids is 1. The number of fused-ring (bicyclic) bond motifs is 2. The van der Waals surface area contributed by atoms with Gasteiger partial charge >= 0.3 is 5.97 Å². The van der Waals surface area contributed by atoms with E-state index < -0.39 is 5.97 Å². The number of benzene rings is 2. The van der Waals surface area contributed by atoms with Crippen LogP contribution in [0.15, 0.2) is 42.6 Å². The highest BCUT2D eigenvalue weighted by molar-refractivity contribution is 6.03. The summed E-state index contributed by atoms with van der Waals surface area (Å²) in [5, 5.41) is 15.9. The molecule has 0 bridgehead atoms. The standard InChI is InChI=1S/C22H21N3O4/c26-19-6-1-3-13-7-8-14(11-18(13)25-19)21(27)23-10-9-15-12-24-20-16(15)4-2-5-17(20)22(28)29/h2,4-5,7-8,11-12,24H,1,3,6,9-10H2,(H,23,27)(H,25,26)(H,28,29). The maximum Gasteiger partial charge on any atom is 0.337 e. The lowest BCUT2D eigenvalue weighted by Crippen LogP contribution is -2.25. The van der Waals surface area contributed by atoms with Crippen molar-refractivity contribution in [2.24, 2.45) is 0 Å². The number of carbonyl (C=O) groups excluding carboxylic acids is 2. The number of aromatic amines is 1. The van der Waals surface area contributed by atoms with Gasteiger partial charge in [-0.2, -0.15) is 0 Å². The van der Waals surface area contributed by atoms with Crippen LogP contribution in [0.4, 0.5) is 5.69 Å². The number of carbonyl (C=O) groups is 3. The number of aromatic nitrogens is 1. The van der Waals surface area contributed by atoms with Crippen LogP contribution >= 0.6 is 0 Å². The molecule has 7 heteroatoms. The van der Waals surface area contributed by atoms with Crippen LogP contribution in [0.3, 0.4) is 0 Å². The lowest BCUT2D eigenvalue weighted by atomic mass is 10.0. The molecule has 4 N–H and O–H groups in total. The first-order valence-electron chi connectivity index (χ1n) is 9.56. The van der Waals surface area contributed by atoms with E-state index in [0.29, 0.717) is 36.2 Å². The minimum Gasteiger partial charge on any atom is -0.478 e. The molecule has 3 aromatic rings. The molecule has 29 heavy (non-hydrogen) atoms. The molecule has 7 nitrogen and oxygen atoms in total. The van der Waals surface area contributed by atoms with Gasteiger partial charge in [0.1, 0.15) is 0 Å². The highest BCUT2D eigenvalue weighted by Gasteiger charge is 2.16. The van der Waals surface area contributed by atoms with E-state index in [1.807, 2.05) is 12.1 Å². The van der Waals surface area contributed by atoms with E-state index in [0.717, 1.165) is 29.4 Å². The molecule has 1 aliphatic rings. The van der Waals surface area contributed by atoms with Gasteiger partial charge < -0.3 is 20.7 Å². The Hall–Kier alpha value is -3.61. The molecule has 0 unspecified atom stereocenters. The van der Waals surface area contributed by atoms with E-state index in [2.05, 4.69) is 15.6 Å². The summed E-state index contributed by atoms with van der Waals surface area (Å²) in [5.74, 6) is -1.22. The average molecular weight is 391 g/mol. The number of hydrogen-bond acceptors (Lipinski definition) is 3. The Morgan fingerprint density at radius 3 is 2.83 bits per heavy atom. The van der Waals surface area contributed by atoms with Crippen LogP contribution < -0.4 is 10.6 Å². The Labute approximate surface area is 167 Å². The van der Waals surface area contributed by atoms with Gasteiger partial charge in [0.15, 0.2) is 0 Å². The number of amides is 2. The summed E-state index contributed by atoms with van der Waals surface area (Å²) >= 11 is 0. The lowest BCUT2D eigenvalue weighted by molar-refractivity contribution is -0.116. The number of hydrogen-bond donors (Lipinski definition) is 4. The Morgan fingerprint density at radius 2 is 2.00 bits per heavy atom. The minimum absolute atomic E-state index is 0.0265. The quantitative estimate of drug-likeness (QED) is 0.535. The lowest BCUT2D eigenvalue weighted by Gasteiger charge is -2.10. The van der Waals surface area contributed by atoms with Gasteiger partial charge in [0.2, 0.25) is 5.91 Å². The molecule has 148 valence electrons. The molecular weight excluding hydrogens is 370 g/mol. The molecule has 0 spiro atoms. The van der Waals surface area contributed by atoms with Crippen LogP contribution in [0.25, 0.3) is 10.9 Å². The van der Waals surface area contributed by atoms with Crippen molar-refractivity contribution >= 4 is 34.4 Å². The summed E-state index contributed by atoms with van der Waals surface area (Å²) in [6.07, 6.45) is 4.45. The van der Waals surface area contributed by atoms with E-state index >= 15 is 0 Å². The van der Waals surface area contributed by atoms with Crippen LogP contribution in [0.5, 0.6) is 0 Å². The van der Waals surface area contributed by atoms with Crippen LogP contribution in [-0.2, 0) is 17.6 Å². The van der Waals surface area contributed by atoms with Crippen molar-refractivity contribution in [3.63, 3.8) is 0 Å². The molecule has 0 saturated heterocycles. The fourth-order valence-electron chi connectivity index (χ4n) is 3.71. The molecule has 1 aliphatic heterocycles. The van der Waals surface area contributed by atoms with Crippen molar-refractivity contribution in [3.05, 3.63) is 64.8 Å². The molecule has 0 saturated carbocycles. The van der Waals surface area contributed by atoms with Crippen LogP contribution in [-0.4, -0.2) is 34.4 Å². The zero-order valence-corrected chi connectivity index (χ0v) is 15.7. The number of para-hydroxylation sites is 1. The van der Waals surface area contributed by atoms with E-state index in [9.17, 15) is 19.5 Å². The fraction of sp³-hybridized carbons (Fsp3) is 0.227. The van der Waals surface area contributed by atoms with Crippen molar-refractivity contribution in [2.45, 2.75) is 25.7 Å². The van der Waals surface area contributed by atoms with E-state index in [-0.39, 0.29) is 17.4 Å². The van der Waals surface area contributed by atoms with Gasteiger partial charge in [-0.3, -0.25) is 9.59 Å². The zero-order chi connectivity index (χ0) is 20.4. The molecule has 0 atom stereocenters. The second-order valence-corrected chi connectivity index (χ2v) is 7.13. The Kier molecular flexibility index (Phi) is 5.03. The predicted octanol–water partition coefficient (Wildman–Crippen LogP) is 3.11. The number of anilines is 1. The van der Waals surface area contributed by atoms with Gasteiger partial charge in [-0.1, -0.05) is 18.2 Å². The molecule has 0 aliphatic carbocycles. The number of carboxylic acid groups (broad SMARTS) is 1. The van der Waals surface area contributed by atoms with Gasteiger partial charge in [-0.05, 0) is 48.6 Å². The second kappa shape index (κ2) is 7.79. The van der Waals surface area contributed by atoms with Crippen LogP contribution in [0.1, 0.15) is 44.7 Å². The van der Waals surface area contributed by atoms with Gasteiger partial charge in [0.05, 0.1) is 11.1 Å². The SMILES string of the molecule is O=C1CCCc2ccc(C(=O)NCCc3c[nH]c4c(C(=O)O)cccc34)cc2N1. The monoisotopic (exact) mass is 391 g/mol. The normalized spacial score (nSPS) is 13.4. The molecule has 0 radical (unpaired) electrons. The zero-order valence-electron chi connectivity index (χ0n) is 15.7. The third kappa shape index (κ3) is 3.85. The third-order valence-corrected chi connectivity index (χ3v) is 5.21. The minimum atomic E-state index is -0.979. The number of H-pyrrole nitrogens is 1. The molecular formula is C22H21N3O4. The number of nitrogens with one attached hydrogen (secondary N) is 3. The van der Waals surface area contributed by atoms with Crippen LogP contribution in [0.2, 0.25) is 0 Å². The largest absolute Gasteiger partial charge is 0.478 e. The first-order chi connectivity index (χ1) is 14.0. The van der Waals surface area contributed by atoms with Crippen molar-refractivity contribution in [2.75, 3.05) is 11.9 Å². The Bertz CT molecular complexity index is 1120. The molecule has 2 heterocycles. The molecule has 2 amide bonds. The number of aryl methyl sites for hydroxylation is 1. The maximum absolute atomic E-state index is 12.5. The van der Waals surface area contributed by atoms with Crippen molar-refractivity contribution < 1.29 is 19.5 Å². The summed E-state index contributed by atoms with van der Waals surface area (Å²) in [6.45, 7) is 0.409. The van der Waals surface area contributed by atoms with E-state index in [1.54, 1.807) is 30.5 Å². The Morgan fingerprint density at radius 1 is 1.14 bits per heavy atom. The van der Waals surface area contributed by atoms with Crippen molar-refractivity contribution in [3.8, 4) is 0 Å². The topological polar surface area (TPSA) is 111 Å². The number of aromatic carboxylic acids is 1. The maximum atomic E-state index is 12.5. The number of rotatable bonds is 5. The predicted molar refractivity (Wildman–Crippen MR) is 109 cm³/mol. The molecule has 2 aromatic carbocycles. The fourth-order valence-corrected chi connectivity index (χ4v) is 3.71. The van der Waals surface area contributed by atoms with Gasteiger partial charge in [-0.25, -0.2) is 4.79 Å². The smallest absolute Gasteiger partial charge is 0.337 e. The van der Waals surface area contributed by atoms with E-state index in [4.69, 9.17) is 0 Å². The Balaban J connectivity index is 1.43.